The Labute approximate surface area is 197 Å². The largest absolute Gasteiger partial charge is 0.354 e. The number of halogens is 2. The van der Waals surface area contributed by atoms with Gasteiger partial charge in [-0.2, -0.15) is 0 Å². The second kappa shape index (κ2) is 9.90. The number of amides is 2. The molecule has 2 aromatic rings. The van der Waals surface area contributed by atoms with E-state index in [0.717, 1.165) is 44.5 Å². The maximum Gasteiger partial charge on any atom is 0.224 e. The fourth-order valence-electron chi connectivity index (χ4n) is 4.53. The van der Waals surface area contributed by atoms with Gasteiger partial charge in [0.2, 0.25) is 11.8 Å². The van der Waals surface area contributed by atoms with Crippen molar-refractivity contribution in [1.29, 1.82) is 0 Å². The molecule has 8 heteroatoms. The fourth-order valence-corrected chi connectivity index (χ4v) is 5.73. The molecule has 5 nitrogen and oxygen atoms in total. The van der Waals surface area contributed by atoms with Gasteiger partial charge in [0.15, 0.2) is 0 Å². The molecule has 2 unspecified atom stereocenters. The topological polar surface area (TPSA) is 52.7 Å². The third-order valence-corrected chi connectivity index (χ3v) is 8.08. The van der Waals surface area contributed by atoms with Crippen LogP contribution in [0.3, 0.4) is 0 Å². The first kappa shape index (κ1) is 22.6. The van der Waals surface area contributed by atoms with E-state index < -0.39 is 0 Å². The molecule has 0 aliphatic carbocycles. The maximum absolute atomic E-state index is 12.9. The first-order chi connectivity index (χ1) is 14.9. The van der Waals surface area contributed by atoms with E-state index in [1.54, 1.807) is 11.8 Å². The van der Waals surface area contributed by atoms with Crippen molar-refractivity contribution in [1.82, 2.24) is 15.1 Å². The van der Waals surface area contributed by atoms with Gasteiger partial charge < -0.3 is 10.2 Å². The Bertz CT molecular complexity index is 964. The highest BCUT2D eigenvalue weighted by atomic mass is 35.5. The molecular weight excluding hydrogens is 453 g/mol. The van der Waals surface area contributed by atoms with Crippen LogP contribution in [0.15, 0.2) is 29.6 Å². The third-order valence-electron chi connectivity index (χ3n) is 6.31. The summed E-state index contributed by atoms with van der Waals surface area (Å²) in [5.74, 6) is -0.104. The van der Waals surface area contributed by atoms with E-state index in [1.165, 1.54) is 10.4 Å². The van der Waals surface area contributed by atoms with Gasteiger partial charge >= 0.3 is 0 Å². The SMILES string of the molecule is CC(=O)N1CCCC(C(=O)NCC(c2ccc(Cl)c(Cl)c2)N2CCc3sccc3C2)C1. The normalized spacial score (nSPS) is 20.2. The van der Waals surface area contributed by atoms with Gasteiger partial charge in [-0.25, -0.2) is 0 Å². The number of hydrogen-bond donors (Lipinski definition) is 1. The van der Waals surface area contributed by atoms with Crippen molar-refractivity contribution in [3.8, 4) is 0 Å². The fraction of sp³-hybridized carbons (Fsp3) is 0.478. The number of piperidine rings is 1. The molecular formula is C23H27Cl2N3O2S. The van der Waals surface area contributed by atoms with Gasteiger partial charge in [-0.1, -0.05) is 29.3 Å². The van der Waals surface area contributed by atoms with E-state index in [-0.39, 0.29) is 23.8 Å². The molecule has 1 saturated heterocycles. The van der Waals surface area contributed by atoms with Crippen LogP contribution in [0.5, 0.6) is 0 Å². The number of rotatable bonds is 5. The van der Waals surface area contributed by atoms with E-state index in [0.29, 0.717) is 23.1 Å². The highest BCUT2D eigenvalue weighted by Gasteiger charge is 2.30. The smallest absolute Gasteiger partial charge is 0.224 e. The van der Waals surface area contributed by atoms with Gasteiger partial charge in [0.05, 0.1) is 22.0 Å². The molecule has 2 atom stereocenters. The molecule has 1 N–H and O–H groups in total. The van der Waals surface area contributed by atoms with Crippen molar-refractivity contribution in [3.63, 3.8) is 0 Å². The molecule has 0 radical (unpaired) electrons. The lowest BCUT2D eigenvalue weighted by atomic mass is 9.96. The Kier molecular flexibility index (Phi) is 7.22. The number of carbonyl (C=O) groups is 2. The zero-order chi connectivity index (χ0) is 22.0. The second-order valence-electron chi connectivity index (χ2n) is 8.33. The van der Waals surface area contributed by atoms with Gasteiger partial charge in [0, 0.05) is 44.5 Å². The average molecular weight is 480 g/mol. The minimum atomic E-state index is -0.156. The number of fused-ring (bicyclic) bond motifs is 1. The Morgan fingerprint density at radius 3 is 2.84 bits per heavy atom. The zero-order valence-electron chi connectivity index (χ0n) is 17.6. The Morgan fingerprint density at radius 2 is 2.06 bits per heavy atom. The van der Waals surface area contributed by atoms with Crippen LogP contribution >= 0.6 is 34.5 Å². The van der Waals surface area contributed by atoms with Gasteiger partial charge in [0.1, 0.15) is 0 Å². The Morgan fingerprint density at radius 1 is 1.23 bits per heavy atom. The lowest BCUT2D eigenvalue weighted by molar-refractivity contribution is -0.134. The van der Waals surface area contributed by atoms with Gasteiger partial charge in [-0.05, 0) is 54.0 Å². The molecule has 166 valence electrons. The van der Waals surface area contributed by atoms with Crippen LogP contribution in [-0.2, 0) is 22.6 Å². The van der Waals surface area contributed by atoms with Crippen LogP contribution in [-0.4, -0.2) is 47.8 Å². The van der Waals surface area contributed by atoms with E-state index in [2.05, 4.69) is 21.7 Å². The van der Waals surface area contributed by atoms with E-state index in [9.17, 15) is 9.59 Å². The quantitative estimate of drug-likeness (QED) is 0.685. The third kappa shape index (κ3) is 5.25. The van der Waals surface area contributed by atoms with Gasteiger partial charge in [0.25, 0.3) is 0 Å². The average Bonchev–Trinajstić information content (AvgIpc) is 3.24. The van der Waals surface area contributed by atoms with Crippen molar-refractivity contribution >= 4 is 46.4 Å². The molecule has 2 amide bonds. The summed E-state index contributed by atoms with van der Waals surface area (Å²) in [6.07, 6.45) is 2.69. The van der Waals surface area contributed by atoms with Crippen LogP contribution in [0.2, 0.25) is 10.0 Å². The molecule has 0 spiro atoms. The highest BCUT2D eigenvalue weighted by molar-refractivity contribution is 7.10. The molecule has 1 aromatic heterocycles. The van der Waals surface area contributed by atoms with Gasteiger partial charge in [-0.15, -0.1) is 11.3 Å². The lowest BCUT2D eigenvalue weighted by Gasteiger charge is -2.36. The van der Waals surface area contributed by atoms with Gasteiger partial charge in [-0.3, -0.25) is 14.5 Å². The second-order valence-corrected chi connectivity index (χ2v) is 10.1. The number of likely N-dealkylation sites (tertiary alicyclic amines) is 1. The minimum absolute atomic E-state index is 0.000678. The molecule has 2 aliphatic rings. The first-order valence-electron chi connectivity index (χ1n) is 10.7. The Hall–Kier alpha value is -1.60. The summed E-state index contributed by atoms with van der Waals surface area (Å²) in [5.41, 5.74) is 2.40. The number of nitrogens with one attached hydrogen (secondary N) is 1. The highest BCUT2D eigenvalue weighted by Crippen LogP contribution is 2.33. The molecule has 0 saturated carbocycles. The lowest BCUT2D eigenvalue weighted by Crippen LogP contribution is -2.47. The first-order valence-corrected chi connectivity index (χ1v) is 12.3. The molecule has 1 aromatic carbocycles. The van der Waals surface area contributed by atoms with Crippen molar-refractivity contribution in [2.75, 3.05) is 26.2 Å². The van der Waals surface area contributed by atoms with Crippen LogP contribution < -0.4 is 5.32 Å². The predicted octanol–water partition coefficient (Wildman–Crippen LogP) is 4.53. The molecule has 1 fully saturated rings. The van der Waals surface area contributed by atoms with Crippen LogP contribution in [0.4, 0.5) is 0 Å². The molecule has 3 heterocycles. The summed E-state index contributed by atoms with van der Waals surface area (Å²) >= 11 is 14.3. The summed E-state index contributed by atoms with van der Waals surface area (Å²) < 4.78 is 0. The molecule has 2 aliphatic heterocycles. The van der Waals surface area contributed by atoms with Crippen LogP contribution in [0.25, 0.3) is 0 Å². The monoisotopic (exact) mass is 479 g/mol. The van der Waals surface area contributed by atoms with Crippen molar-refractivity contribution in [2.45, 2.75) is 38.8 Å². The number of nitrogens with zero attached hydrogens (tertiary/aromatic N) is 2. The maximum atomic E-state index is 12.9. The van der Waals surface area contributed by atoms with Crippen LogP contribution in [0.1, 0.15) is 41.8 Å². The summed E-state index contributed by atoms with van der Waals surface area (Å²) in [4.78, 5) is 30.3. The number of hydrogen-bond acceptors (Lipinski definition) is 4. The van der Waals surface area contributed by atoms with E-state index >= 15 is 0 Å². The zero-order valence-corrected chi connectivity index (χ0v) is 19.9. The van der Waals surface area contributed by atoms with Crippen molar-refractivity contribution in [2.24, 2.45) is 5.92 Å². The number of thiophene rings is 1. The minimum Gasteiger partial charge on any atom is -0.354 e. The van der Waals surface area contributed by atoms with E-state index in [1.807, 2.05) is 29.5 Å². The summed E-state index contributed by atoms with van der Waals surface area (Å²) in [5, 5.41) is 6.36. The molecule has 0 bridgehead atoms. The van der Waals surface area contributed by atoms with Crippen molar-refractivity contribution in [3.05, 3.63) is 55.7 Å². The predicted molar refractivity (Wildman–Crippen MR) is 126 cm³/mol. The number of benzene rings is 1. The molecule has 4 rings (SSSR count). The van der Waals surface area contributed by atoms with E-state index in [4.69, 9.17) is 23.2 Å². The Balaban J connectivity index is 1.49. The standard InChI is InChI=1S/C23H27Cl2N3O2S/c1-15(29)27-8-2-3-18(14-27)23(30)26-12-21(16-4-5-19(24)20(25)11-16)28-9-6-22-17(13-28)7-10-31-22/h4-5,7,10-11,18,21H,2-3,6,8-9,12-14H2,1H3,(H,26,30). The summed E-state index contributed by atoms with van der Waals surface area (Å²) in [7, 11) is 0. The molecule has 31 heavy (non-hydrogen) atoms. The summed E-state index contributed by atoms with van der Waals surface area (Å²) in [6, 6.07) is 7.91. The van der Waals surface area contributed by atoms with Crippen molar-refractivity contribution < 1.29 is 9.59 Å². The van der Waals surface area contributed by atoms with Crippen LogP contribution in [0, 0.1) is 5.92 Å². The summed E-state index contributed by atoms with van der Waals surface area (Å²) in [6.45, 7) is 5.07. The number of carbonyl (C=O) groups excluding carboxylic acids is 2.